The van der Waals surface area contributed by atoms with Crippen LogP contribution in [0.1, 0.15) is 49.5 Å². The zero-order valence-electron chi connectivity index (χ0n) is 17.0. The van der Waals surface area contributed by atoms with Crippen molar-refractivity contribution >= 4 is 18.0 Å². The van der Waals surface area contributed by atoms with Crippen molar-refractivity contribution in [3.8, 4) is 0 Å². The summed E-state index contributed by atoms with van der Waals surface area (Å²) in [6.45, 7) is 7.33. The van der Waals surface area contributed by atoms with Crippen molar-refractivity contribution in [1.82, 2.24) is 9.80 Å². The van der Waals surface area contributed by atoms with Crippen molar-refractivity contribution in [2.45, 2.75) is 44.6 Å². The summed E-state index contributed by atoms with van der Waals surface area (Å²) in [7, 11) is 1.40. The molecule has 2 amide bonds. The van der Waals surface area contributed by atoms with E-state index in [1.54, 1.807) is 21.9 Å². The number of nitrogens with zero attached hydrogens (tertiary/aromatic N) is 2. The highest BCUT2D eigenvalue weighted by molar-refractivity contribution is 5.95. The first-order valence-corrected chi connectivity index (χ1v) is 9.62. The highest BCUT2D eigenvalue weighted by Crippen LogP contribution is 2.49. The van der Waals surface area contributed by atoms with E-state index < -0.39 is 11.0 Å². The molecule has 2 aliphatic rings. The predicted octanol–water partition coefficient (Wildman–Crippen LogP) is 2.58. The molecule has 1 saturated carbocycles. The number of methoxy groups -OCH3 is 1. The Morgan fingerprint density at radius 3 is 1.93 bits per heavy atom. The first kappa shape index (κ1) is 20.2. The van der Waals surface area contributed by atoms with Crippen LogP contribution in [-0.2, 0) is 19.7 Å². The number of esters is 1. The molecule has 0 atom stereocenters. The van der Waals surface area contributed by atoms with Crippen LogP contribution in [0.25, 0.3) is 0 Å². The van der Waals surface area contributed by atoms with Gasteiger partial charge in [-0.2, -0.15) is 0 Å². The van der Waals surface area contributed by atoms with Crippen LogP contribution in [0.4, 0.5) is 4.79 Å². The van der Waals surface area contributed by atoms with E-state index in [0.717, 1.165) is 18.4 Å². The van der Waals surface area contributed by atoms with E-state index in [0.29, 0.717) is 31.7 Å². The molecule has 1 heterocycles. The Morgan fingerprint density at radius 2 is 1.46 bits per heavy atom. The summed E-state index contributed by atoms with van der Waals surface area (Å²) in [5, 5.41) is 0. The van der Waals surface area contributed by atoms with E-state index in [1.165, 1.54) is 7.11 Å². The maximum Gasteiger partial charge on any atom is 0.410 e. The van der Waals surface area contributed by atoms with Crippen molar-refractivity contribution < 1.29 is 23.9 Å². The second kappa shape index (κ2) is 7.45. The van der Waals surface area contributed by atoms with Crippen molar-refractivity contribution in [3.63, 3.8) is 0 Å². The summed E-state index contributed by atoms with van der Waals surface area (Å²) in [5.74, 6) is -0.289. The van der Waals surface area contributed by atoms with Gasteiger partial charge in [-0.3, -0.25) is 9.59 Å². The molecular weight excluding hydrogens is 360 g/mol. The zero-order valence-corrected chi connectivity index (χ0v) is 17.0. The first-order valence-electron chi connectivity index (χ1n) is 9.62. The van der Waals surface area contributed by atoms with Crippen LogP contribution in [0.3, 0.4) is 0 Å². The highest BCUT2D eigenvalue weighted by atomic mass is 16.6. The van der Waals surface area contributed by atoms with E-state index in [1.807, 2.05) is 32.9 Å². The largest absolute Gasteiger partial charge is 0.468 e. The molecule has 0 radical (unpaired) electrons. The molecule has 0 unspecified atom stereocenters. The van der Waals surface area contributed by atoms with Gasteiger partial charge in [-0.05, 0) is 51.3 Å². The Morgan fingerprint density at radius 1 is 0.929 bits per heavy atom. The van der Waals surface area contributed by atoms with E-state index in [4.69, 9.17) is 9.47 Å². The monoisotopic (exact) mass is 388 g/mol. The standard InChI is InChI=1S/C21H28N2O5/c1-20(2,3)28-19(26)23-13-11-22(12-14-23)17(24)15-5-7-16(8-6-15)21(9-10-21)18(25)27-4/h5-8H,9-14H2,1-4H3. The third kappa shape index (κ3) is 4.13. The minimum atomic E-state index is -0.533. The molecule has 7 nitrogen and oxygen atoms in total. The summed E-state index contributed by atoms with van der Waals surface area (Å²) in [4.78, 5) is 40.3. The van der Waals surface area contributed by atoms with Crippen molar-refractivity contribution in [1.29, 1.82) is 0 Å². The minimum Gasteiger partial charge on any atom is -0.468 e. The van der Waals surface area contributed by atoms with Crippen molar-refractivity contribution in [3.05, 3.63) is 35.4 Å². The number of hydrogen-bond donors (Lipinski definition) is 0. The predicted molar refractivity (Wildman–Crippen MR) is 103 cm³/mol. The number of amides is 2. The normalized spacial score (nSPS) is 18.4. The fraction of sp³-hybridized carbons (Fsp3) is 0.571. The minimum absolute atomic E-state index is 0.0710. The number of piperazine rings is 1. The Hall–Kier alpha value is -2.57. The lowest BCUT2D eigenvalue weighted by molar-refractivity contribution is -0.143. The molecule has 1 aromatic rings. The molecule has 1 aliphatic carbocycles. The highest BCUT2D eigenvalue weighted by Gasteiger charge is 2.52. The van der Waals surface area contributed by atoms with Gasteiger partial charge in [-0.15, -0.1) is 0 Å². The Labute approximate surface area is 165 Å². The number of benzene rings is 1. The smallest absolute Gasteiger partial charge is 0.410 e. The van der Waals surface area contributed by atoms with Gasteiger partial charge < -0.3 is 19.3 Å². The molecule has 3 rings (SSSR count). The van der Waals surface area contributed by atoms with Crippen LogP contribution < -0.4 is 0 Å². The molecular formula is C21H28N2O5. The van der Waals surface area contributed by atoms with Gasteiger partial charge in [0.05, 0.1) is 12.5 Å². The summed E-state index contributed by atoms with van der Waals surface area (Å²) in [6.07, 6.45) is 1.21. The van der Waals surface area contributed by atoms with Crippen LogP contribution in [0.5, 0.6) is 0 Å². The lowest BCUT2D eigenvalue weighted by Gasteiger charge is -2.35. The molecule has 2 fully saturated rings. The van der Waals surface area contributed by atoms with Gasteiger partial charge in [0.2, 0.25) is 0 Å². The second-order valence-corrected chi connectivity index (χ2v) is 8.41. The maximum absolute atomic E-state index is 12.8. The van der Waals surface area contributed by atoms with Gasteiger partial charge >= 0.3 is 12.1 Å². The molecule has 1 aliphatic heterocycles. The van der Waals surface area contributed by atoms with Crippen LogP contribution in [-0.4, -0.2) is 66.7 Å². The molecule has 28 heavy (non-hydrogen) atoms. The van der Waals surface area contributed by atoms with Gasteiger partial charge in [0, 0.05) is 31.7 Å². The number of carbonyl (C=O) groups is 3. The Balaban J connectivity index is 1.58. The van der Waals surface area contributed by atoms with Gasteiger partial charge in [-0.25, -0.2) is 4.79 Å². The first-order chi connectivity index (χ1) is 13.2. The van der Waals surface area contributed by atoms with E-state index in [9.17, 15) is 14.4 Å². The Bertz CT molecular complexity index is 754. The molecule has 0 aromatic heterocycles. The van der Waals surface area contributed by atoms with Crippen LogP contribution in [0.15, 0.2) is 24.3 Å². The molecule has 0 N–H and O–H groups in total. The quantitative estimate of drug-likeness (QED) is 0.744. The molecule has 152 valence electrons. The van der Waals surface area contributed by atoms with Gasteiger partial charge in [0.1, 0.15) is 5.60 Å². The zero-order chi connectivity index (χ0) is 20.5. The van der Waals surface area contributed by atoms with Crippen LogP contribution in [0.2, 0.25) is 0 Å². The average Bonchev–Trinajstić information content (AvgIpc) is 3.48. The second-order valence-electron chi connectivity index (χ2n) is 8.41. The molecule has 0 spiro atoms. The SMILES string of the molecule is COC(=O)C1(c2ccc(C(=O)N3CCN(C(=O)OC(C)(C)C)CC3)cc2)CC1. The van der Waals surface area contributed by atoms with E-state index in [2.05, 4.69) is 0 Å². The topological polar surface area (TPSA) is 76.2 Å². The summed E-state index contributed by atoms with van der Waals surface area (Å²) in [5.41, 5.74) is 0.408. The molecule has 1 saturated heterocycles. The van der Waals surface area contributed by atoms with Gasteiger partial charge in [0.15, 0.2) is 0 Å². The molecule has 1 aromatic carbocycles. The van der Waals surface area contributed by atoms with Gasteiger partial charge in [-0.1, -0.05) is 12.1 Å². The van der Waals surface area contributed by atoms with Crippen LogP contribution >= 0.6 is 0 Å². The fourth-order valence-corrected chi connectivity index (χ4v) is 3.46. The lowest BCUT2D eigenvalue weighted by atomic mass is 9.95. The van der Waals surface area contributed by atoms with Crippen molar-refractivity contribution in [2.75, 3.05) is 33.3 Å². The fourth-order valence-electron chi connectivity index (χ4n) is 3.46. The number of rotatable bonds is 3. The van der Waals surface area contributed by atoms with E-state index >= 15 is 0 Å². The van der Waals surface area contributed by atoms with E-state index in [-0.39, 0.29) is 18.0 Å². The number of hydrogen-bond acceptors (Lipinski definition) is 5. The number of carbonyl (C=O) groups excluding carboxylic acids is 3. The third-order valence-electron chi connectivity index (χ3n) is 5.23. The van der Waals surface area contributed by atoms with Crippen LogP contribution in [0, 0.1) is 0 Å². The third-order valence-corrected chi connectivity index (χ3v) is 5.23. The molecule has 0 bridgehead atoms. The average molecular weight is 388 g/mol. The summed E-state index contributed by atoms with van der Waals surface area (Å²) < 4.78 is 10.3. The number of ether oxygens (including phenoxy) is 2. The maximum atomic E-state index is 12.8. The lowest BCUT2D eigenvalue weighted by Crippen LogP contribution is -2.51. The Kier molecular flexibility index (Phi) is 5.37. The van der Waals surface area contributed by atoms with Crippen molar-refractivity contribution in [2.24, 2.45) is 0 Å². The van der Waals surface area contributed by atoms with Gasteiger partial charge in [0.25, 0.3) is 5.91 Å². The summed E-state index contributed by atoms with van der Waals surface area (Å²) >= 11 is 0. The summed E-state index contributed by atoms with van der Waals surface area (Å²) in [6, 6.07) is 7.21. The molecule has 7 heteroatoms.